The minimum atomic E-state index is -0.359. The zero-order valence-electron chi connectivity index (χ0n) is 15.2. The SMILES string of the molecule is CN=C(NCc1ccccc1[N+](=O)[O-])NC1CCN(c2ccccc2)C1.I. The van der Waals surface area contributed by atoms with Gasteiger partial charge in [-0.05, 0) is 18.6 Å². The summed E-state index contributed by atoms with van der Waals surface area (Å²) in [4.78, 5) is 17.3. The molecule has 1 aliphatic rings. The van der Waals surface area contributed by atoms with Crippen molar-refractivity contribution in [2.75, 3.05) is 25.0 Å². The Morgan fingerprint density at radius 3 is 2.63 bits per heavy atom. The van der Waals surface area contributed by atoms with Gasteiger partial charge in [-0.2, -0.15) is 0 Å². The average molecular weight is 481 g/mol. The molecule has 7 nitrogen and oxygen atoms in total. The number of nitrogens with one attached hydrogen (secondary N) is 2. The van der Waals surface area contributed by atoms with E-state index in [0.717, 1.165) is 19.5 Å². The molecule has 2 aromatic carbocycles. The number of hydrogen-bond acceptors (Lipinski definition) is 4. The normalized spacial score (nSPS) is 16.6. The van der Waals surface area contributed by atoms with Crippen molar-refractivity contribution in [1.82, 2.24) is 10.6 Å². The van der Waals surface area contributed by atoms with E-state index in [9.17, 15) is 10.1 Å². The largest absolute Gasteiger partial charge is 0.369 e. The summed E-state index contributed by atoms with van der Waals surface area (Å²) in [6, 6.07) is 17.4. The first-order valence-corrected chi connectivity index (χ1v) is 8.67. The van der Waals surface area contributed by atoms with E-state index in [1.54, 1.807) is 25.2 Å². The van der Waals surface area contributed by atoms with Gasteiger partial charge in [-0.25, -0.2) is 0 Å². The second-order valence-electron chi connectivity index (χ2n) is 6.22. The van der Waals surface area contributed by atoms with Crippen molar-refractivity contribution in [1.29, 1.82) is 0 Å². The average Bonchev–Trinajstić information content (AvgIpc) is 3.14. The van der Waals surface area contributed by atoms with E-state index in [-0.39, 0.29) is 40.6 Å². The van der Waals surface area contributed by atoms with E-state index >= 15 is 0 Å². The van der Waals surface area contributed by atoms with Gasteiger partial charge in [0.2, 0.25) is 0 Å². The van der Waals surface area contributed by atoms with Gasteiger partial charge in [0.1, 0.15) is 0 Å². The van der Waals surface area contributed by atoms with Crippen LogP contribution in [0, 0.1) is 10.1 Å². The number of guanidine groups is 1. The van der Waals surface area contributed by atoms with E-state index in [0.29, 0.717) is 18.1 Å². The van der Waals surface area contributed by atoms with Gasteiger partial charge in [0.25, 0.3) is 5.69 Å². The summed E-state index contributed by atoms with van der Waals surface area (Å²) in [7, 11) is 1.71. The molecule has 144 valence electrons. The summed E-state index contributed by atoms with van der Waals surface area (Å²) in [6.07, 6.45) is 1.01. The first kappa shape index (κ1) is 20.9. The van der Waals surface area contributed by atoms with Crippen molar-refractivity contribution in [3.63, 3.8) is 0 Å². The predicted molar refractivity (Wildman–Crippen MR) is 119 cm³/mol. The lowest BCUT2D eigenvalue weighted by Gasteiger charge is -2.20. The molecule has 0 aliphatic carbocycles. The Morgan fingerprint density at radius 2 is 1.93 bits per heavy atom. The molecule has 0 bridgehead atoms. The van der Waals surface area contributed by atoms with Crippen LogP contribution in [0.3, 0.4) is 0 Å². The van der Waals surface area contributed by atoms with Crippen molar-refractivity contribution in [3.8, 4) is 0 Å². The van der Waals surface area contributed by atoms with E-state index in [1.165, 1.54) is 11.8 Å². The maximum atomic E-state index is 11.1. The third kappa shape index (κ3) is 5.56. The van der Waals surface area contributed by atoms with Crippen LogP contribution < -0.4 is 15.5 Å². The third-order valence-corrected chi connectivity index (χ3v) is 4.51. The summed E-state index contributed by atoms with van der Waals surface area (Å²) in [5, 5.41) is 17.7. The molecule has 1 fully saturated rings. The maximum Gasteiger partial charge on any atom is 0.274 e. The van der Waals surface area contributed by atoms with Crippen LogP contribution in [0.25, 0.3) is 0 Å². The molecule has 1 unspecified atom stereocenters. The minimum absolute atomic E-state index is 0. The van der Waals surface area contributed by atoms with E-state index in [1.807, 2.05) is 18.2 Å². The molecule has 1 aliphatic heterocycles. The molecule has 0 radical (unpaired) electrons. The Balaban J connectivity index is 0.00000261. The molecule has 1 heterocycles. The van der Waals surface area contributed by atoms with Crippen LogP contribution in [0.5, 0.6) is 0 Å². The molecule has 8 heteroatoms. The quantitative estimate of drug-likeness (QED) is 0.226. The summed E-state index contributed by atoms with van der Waals surface area (Å²) in [6.45, 7) is 2.24. The zero-order chi connectivity index (χ0) is 18.4. The molecule has 0 spiro atoms. The molecule has 0 aromatic heterocycles. The molecular formula is C19H24IN5O2. The summed E-state index contributed by atoms with van der Waals surface area (Å²) >= 11 is 0. The number of benzene rings is 2. The van der Waals surface area contributed by atoms with Crippen LogP contribution >= 0.6 is 24.0 Å². The summed E-state index contributed by atoms with van der Waals surface area (Å²) in [5.74, 6) is 0.656. The van der Waals surface area contributed by atoms with Crippen molar-refractivity contribution in [2.24, 2.45) is 4.99 Å². The van der Waals surface area contributed by atoms with Gasteiger partial charge >= 0.3 is 0 Å². The molecule has 1 atom stereocenters. The Bertz CT molecular complexity index is 785. The lowest BCUT2D eigenvalue weighted by Crippen LogP contribution is -2.44. The van der Waals surface area contributed by atoms with E-state index in [4.69, 9.17) is 0 Å². The third-order valence-electron chi connectivity index (χ3n) is 4.51. The molecule has 27 heavy (non-hydrogen) atoms. The smallest absolute Gasteiger partial charge is 0.274 e. The van der Waals surface area contributed by atoms with Gasteiger partial charge in [-0.3, -0.25) is 15.1 Å². The first-order chi connectivity index (χ1) is 12.7. The lowest BCUT2D eigenvalue weighted by molar-refractivity contribution is -0.385. The number of rotatable bonds is 5. The molecule has 2 N–H and O–H groups in total. The predicted octanol–water partition coefficient (Wildman–Crippen LogP) is 3.16. The highest BCUT2D eigenvalue weighted by Gasteiger charge is 2.23. The van der Waals surface area contributed by atoms with Gasteiger partial charge in [0.05, 0.1) is 4.92 Å². The molecular weight excluding hydrogens is 457 g/mol. The van der Waals surface area contributed by atoms with Crippen LogP contribution in [-0.4, -0.2) is 37.1 Å². The highest BCUT2D eigenvalue weighted by molar-refractivity contribution is 14.0. The fourth-order valence-electron chi connectivity index (χ4n) is 3.16. The van der Waals surface area contributed by atoms with Crippen LogP contribution in [0.15, 0.2) is 59.6 Å². The number of nitro groups is 1. The van der Waals surface area contributed by atoms with Gasteiger partial charge in [0.15, 0.2) is 5.96 Å². The topological polar surface area (TPSA) is 82.8 Å². The van der Waals surface area contributed by atoms with Gasteiger partial charge in [-0.15, -0.1) is 24.0 Å². The minimum Gasteiger partial charge on any atom is -0.369 e. The second kappa shape index (κ2) is 10.1. The van der Waals surface area contributed by atoms with Crippen LogP contribution in [0.4, 0.5) is 11.4 Å². The van der Waals surface area contributed by atoms with Crippen molar-refractivity contribution in [2.45, 2.75) is 19.0 Å². The van der Waals surface area contributed by atoms with Crippen LogP contribution in [-0.2, 0) is 6.54 Å². The fraction of sp³-hybridized carbons (Fsp3) is 0.316. The number of aliphatic imine (C=N–C) groups is 1. The van der Waals surface area contributed by atoms with Crippen molar-refractivity contribution < 1.29 is 4.92 Å². The number of nitro benzene ring substituents is 1. The fourth-order valence-corrected chi connectivity index (χ4v) is 3.16. The van der Waals surface area contributed by atoms with Crippen molar-refractivity contribution >= 4 is 41.3 Å². The highest BCUT2D eigenvalue weighted by Crippen LogP contribution is 2.20. The standard InChI is InChI=1S/C19H23N5O2.HI/c1-20-19(21-13-15-7-5-6-10-18(15)24(25)26)22-16-11-12-23(14-16)17-8-3-2-4-9-17;/h2-10,16H,11-14H2,1H3,(H2,20,21,22);1H. The maximum absolute atomic E-state index is 11.1. The molecule has 0 saturated carbocycles. The lowest BCUT2D eigenvalue weighted by atomic mass is 10.2. The van der Waals surface area contributed by atoms with Gasteiger partial charge in [-0.1, -0.05) is 36.4 Å². The van der Waals surface area contributed by atoms with Crippen molar-refractivity contribution in [3.05, 3.63) is 70.3 Å². The number of anilines is 1. The number of hydrogen-bond donors (Lipinski definition) is 2. The summed E-state index contributed by atoms with van der Waals surface area (Å²) in [5.41, 5.74) is 1.98. The Kier molecular flexibility index (Phi) is 7.83. The molecule has 3 rings (SSSR count). The Hall–Kier alpha value is -2.36. The number of para-hydroxylation sites is 2. The Labute approximate surface area is 176 Å². The van der Waals surface area contributed by atoms with E-state index < -0.39 is 0 Å². The molecule has 2 aromatic rings. The zero-order valence-corrected chi connectivity index (χ0v) is 17.5. The van der Waals surface area contributed by atoms with Gasteiger partial charge in [0, 0.05) is 50.0 Å². The Morgan fingerprint density at radius 1 is 1.22 bits per heavy atom. The number of nitrogens with zero attached hydrogens (tertiary/aromatic N) is 3. The van der Waals surface area contributed by atoms with Crippen LogP contribution in [0.1, 0.15) is 12.0 Å². The summed E-state index contributed by atoms with van der Waals surface area (Å²) < 4.78 is 0. The van der Waals surface area contributed by atoms with E-state index in [2.05, 4.69) is 32.7 Å². The number of halogens is 1. The second-order valence-corrected chi connectivity index (χ2v) is 6.22. The van der Waals surface area contributed by atoms with Gasteiger partial charge < -0.3 is 15.5 Å². The highest BCUT2D eigenvalue weighted by atomic mass is 127. The molecule has 0 amide bonds. The monoisotopic (exact) mass is 481 g/mol. The van der Waals surface area contributed by atoms with Crippen LogP contribution in [0.2, 0.25) is 0 Å². The molecule has 1 saturated heterocycles. The first-order valence-electron chi connectivity index (χ1n) is 8.67.